The molecule has 26 heavy (non-hydrogen) atoms. The Labute approximate surface area is 151 Å². The Kier molecular flexibility index (Phi) is 5.59. The van der Waals surface area contributed by atoms with Crippen molar-refractivity contribution in [2.24, 2.45) is 0 Å². The van der Waals surface area contributed by atoms with Crippen LogP contribution in [0.5, 0.6) is 0 Å². The Morgan fingerprint density at radius 3 is 2.58 bits per heavy atom. The van der Waals surface area contributed by atoms with Crippen LogP contribution in [0.3, 0.4) is 0 Å². The van der Waals surface area contributed by atoms with Crippen LogP contribution in [0, 0.1) is 11.3 Å². The highest BCUT2D eigenvalue weighted by Crippen LogP contribution is 2.15. The largest absolute Gasteiger partial charge is 0.355 e. The number of hydrogen-bond acceptors (Lipinski definition) is 6. The van der Waals surface area contributed by atoms with Gasteiger partial charge in [0.2, 0.25) is 5.91 Å². The number of nitrogens with one attached hydrogen (secondary N) is 1. The minimum Gasteiger partial charge on any atom is -0.355 e. The Morgan fingerprint density at radius 1 is 1.15 bits per heavy atom. The van der Waals surface area contributed by atoms with Crippen LogP contribution in [-0.2, 0) is 11.3 Å². The van der Waals surface area contributed by atoms with E-state index in [9.17, 15) is 9.59 Å². The van der Waals surface area contributed by atoms with Gasteiger partial charge in [-0.3, -0.25) is 9.59 Å². The van der Waals surface area contributed by atoms with Gasteiger partial charge in [0.15, 0.2) is 0 Å². The van der Waals surface area contributed by atoms with Crippen LogP contribution < -0.4 is 15.8 Å². The van der Waals surface area contributed by atoms with Crippen LogP contribution in [0.4, 0.5) is 11.5 Å². The van der Waals surface area contributed by atoms with Gasteiger partial charge in [0.05, 0.1) is 11.9 Å². The smallest absolute Gasteiger partial charge is 0.267 e. The summed E-state index contributed by atoms with van der Waals surface area (Å²) in [7, 11) is 0. The summed E-state index contributed by atoms with van der Waals surface area (Å²) in [6, 6.07) is 8.18. The van der Waals surface area contributed by atoms with E-state index in [2.05, 4.69) is 20.3 Å². The molecule has 8 heteroatoms. The van der Waals surface area contributed by atoms with Crippen molar-refractivity contribution in [3.8, 4) is 6.07 Å². The molecule has 0 atom stereocenters. The molecular formula is C18H20N6O2. The summed E-state index contributed by atoms with van der Waals surface area (Å²) in [5, 5.41) is 15.7. The Morgan fingerprint density at radius 2 is 1.92 bits per heavy atom. The molecule has 0 spiro atoms. The molecule has 3 heterocycles. The summed E-state index contributed by atoms with van der Waals surface area (Å²) in [5.74, 6) is 0.346. The Balaban J connectivity index is 1.69. The first kappa shape index (κ1) is 17.6. The third kappa shape index (κ3) is 4.45. The van der Waals surface area contributed by atoms with Gasteiger partial charge in [0.1, 0.15) is 24.1 Å². The van der Waals surface area contributed by atoms with Crippen molar-refractivity contribution in [1.29, 1.82) is 5.26 Å². The highest BCUT2D eigenvalue weighted by atomic mass is 16.2. The van der Waals surface area contributed by atoms with E-state index in [4.69, 9.17) is 5.26 Å². The second kappa shape index (κ2) is 8.25. The van der Waals surface area contributed by atoms with Gasteiger partial charge in [-0.25, -0.2) is 9.67 Å². The summed E-state index contributed by atoms with van der Waals surface area (Å²) >= 11 is 0. The number of aromatic nitrogens is 3. The molecule has 1 amide bonds. The number of nitriles is 1. The minimum absolute atomic E-state index is 0.180. The highest BCUT2D eigenvalue weighted by Gasteiger charge is 2.13. The number of carbonyl (C=O) groups is 1. The Hall–Kier alpha value is -3.21. The molecule has 0 unspecified atom stereocenters. The zero-order valence-electron chi connectivity index (χ0n) is 14.4. The molecule has 1 saturated heterocycles. The van der Waals surface area contributed by atoms with E-state index in [1.54, 1.807) is 12.1 Å². The maximum Gasteiger partial charge on any atom is 0.267 e. The minimum atomic E-state index is -0.376. The molecule has 0 radical (unpaired) electrons. The fourth-order valence-corrected chi connectivity index (χ4v) is 2.89. The number of anilines is 2. The predicted octanol–water partition coefficient (Wildman–Crippen LogP) is 1.53. The van der Waals surface area contributed by atoms with Gasteiger partial charge >= 0.3 is 0 Å². The van der Waals surface area contributed by atoms with E-state index in [0.717, 1.165) is 31.7 Å². The molecule has 3 rings (SSSR count). The fraction of sp³-hybridized carbons (Fsp3) is 0.389. The van der Waals surface area contributed by atoms with Crippen molar-refractivity contribution in [2.75, 3.05) is 23.3 Å². The molecule has 8 nitrogen and oxygen atoms in total. The van der Waals surface area contributed by atoms with Gasteiger partial charge in [-0.05, 0) is 31.0 Å². The van der Waals surface area contributed by atoms with Crippen molar-refractivity contribution < 1.29 is 4.79 Å². The first-order valence-electron chi connectivity index (χ1n) is 8.65. The van der Waals surface area contributed by atoms with E-state index >= 15 is 0 Å². The number of amides is 1. The third-order valence-corrected chi connectivity index (χ3v) is 4.24. The summed E-state index contributed by atoms with van der Waals surface area (Å²) < 4.78 is 1.17. The molecule has 1 N–H and O–H groups in total. The van der Waals surface area contributed by atoms with Gasteiger partial charge < -0.3 is 10.2 Å². The summed E-state index contributed by atoms with van der Waals surface area (Å²) in [4.78, 5) is 30.3. The van der Waals surface area contributed by atoms with E-state index < -0.39 is 0 Å². The van der Waals surface area contributed by atoms with Gasteiger partial charge in [-0.2, -0.15) is 10.4 Å². The second-order valence-electron chi connectivity index (χ2n) is 6.18. The SMILES string of the molecule is N#Cc1ccc(NC(=O)Cn2nc(N3CCCCCC3)ccc2=O)cn1. The topological polar surface area (TPSA) is 104 Å². The fourth-order valence-electron chi connectivity index (χ4n) is 2.89. The maximum absolute atomic E-state index is 12.2. The molecule has 134 valence electrons. The van der Waals surface area contributed by atoms with E-state index in [1.807, 2.05) is 6.07 Å². The molecule has 2 aromatic rings. The van der Waals surface area contributed by atoms with Crippen LogP contribution in [0.1, 0.15) is 31.4 Å². The predicted molar refractivity (Wildman–Crippen MR) is 96.8 cm³/mol. The monoisotopic (exact) mass is 352 g/mol. The molecule has 0 aromatic carbocycles. The number of carbonyl (C=O) groups excluding carboxylic acids is 1. The molecule has 2 aromatic heterocycles. The number of hydrogen-bond donors (Lipinski definition) is 1. The number of pyridine rings is 1. The Bertz CT molecular complexity index is 860. The first-order valence-corrected chi connectivity index (χ1v) is 8.65. The van der Waals surface area contributed by atoms with Gasteiger partial charge in [0.25, 0.3) is 5.56 Å². The molecule has 0 bridgehead atoms. The standard InChI is InChI=1S/C18H20N6O2/c19-11-14-5-6-15(12-20-14)21-17(25)13-24-18(26)8-7-16(22-24)23-9-3-1-2-4-10-23/h5-8,12H,1-4,9-10,13H2,(H,21,25). The lowest BCUT2D eigenvalue weighted by atomic mass is 10.2. The van der Waals surface area contributed by atoms with Crippen LogP contribution in [-0.4, -0.2) is 33.8 Å². The van der Waals surface area contributed by atoms with Gasteiger partial charge in [-0.1, -0.05) is 12.8 Å². The van der Waals surface area contributed by atoms with Crippen LogP contribution in [0.25, 0.3) is 0 Å². The maximum atomic E-state index is 12.2. The third-order valence-electron chi connectivity index (χ3n) is 4.24. The molecule has 1 aliphatic rings. The lowest BCUT2D eigenvalue weighted by Crippen LogP contribution is -2.32. The summed E-state index contributed by atoms with van der Waals surface area (Å²) in [6.45, 7) is 1.64. The summed E-state index contributed by atoms with van der Waals surface area (Å²) in [6.07, 6.45) is 6.02. The van der Waals surface area contributed by atoms with Crippen molar-refractivity contribution in [2.45, 2.75) is 32.2 Å². The molecule has 0 saturated carbocycles. The molecule has 1 aliphatic heterocycles. The quantitative estimate of drug-likeness (QED) is 0.895. The molecule has 1 fully saturated rings. The van der Waals surface area contributed by atoms with E-state index in [-0.39, 0.29) is 23.7 Å². The normalized spacial score (nSPS) is 14.3. The number of rotatable bonds is 4. The van der Waals surface area contributed by atoms with Crippen molar-refractivity contribution in [3.63, 3.8) is 0 Å². The van der Waals surface area contributed by atoms with Crippen LogP contribution in [0.15, 0.2) is 35.3 Å². The van der Waals surface area contributed by atoms with Gasteiger partial charge in [-0.15, -0.1) is 0 Å². The van der Waals surface area contributed by atoms with Gasteiger partial charge in [0, 0.05) is 19.2 Å². The summed E-state index contributed by atoms with van der Waals surface area (Å²) in [5.41, 5.74) is 0.411. The average Bonchev–Trinajstić information content (AvgIpc) is 2.93. The lowest BCUT2D eigenvalue weighted by Gasteiger charge is -2.21. The highest BCUT2D eigenvalue weighted by molar-refractivity contribution is 5.90. The molecule has 0 aliphatic carbocycles. The van der Waals surface area contributed by atoms with Crippen molar-refractivity contribution in [3.05, 3.63) is 46.5 Å². The number of nitrogens with zero attached hydrogens (tertiary/aromatic N) is 5. The second-order valence-corrected chi connectivity index (χ2v) is 6.18. The zero-order valence-corrected chi connectivity index (χ0v) is 14.4. The lowest BCUT2D eigenvalue weighted by molar-refractivity contribution is -0.117. The van der Waals surface area contributed by atoms with Crippen LogP contribution >= 0.6 is 0 Å². The van der Waals surface area contributed by atoms with E-state index in [1.165, 1.54) is 35.9 Å². The first-order chi connectivity index (χ1) is 12.7. The van der Waals surface area contributed by atoms with Crippen molar-refractivity contribution in [1.82, 2.24) is 14.8 Å². The average molecular weight is 352 g/mol. The van der Waals surface area contributed by atoms with Crippen LogP contribution in [0.2, 0.25) is 0 Å². The van der Waals surface area contributed by atoms with E-state index in [0.29, 0.717) is 5.69 Å². The van der Waals surface area contributed by atoms with Crippen molar-refractivity contribution >= 4 is 17.4 Å². The zero-order chi connectivity index (χ0) is 18.4. The molecular weight excluding hydrogens is 332 g/mol.